The zero-order chi connectivity index (χ0) is 17.1. The Morgan fingerprint density at radius 2 is 1.96 bits per heavy atom. The number of fused-ring (bicyclic) bond motifs is 2. The summed E-state index contributed by atoms with van der Waals surface area (Å²) in [7, 11) is 2.00. The minimum Gasteiger partial charge on any atom is -0.475 e. The number of ether oxygens (including phenoxy) is 1. The topological polar surface area (TPSA) is 21.3 Å². The van der Waals surface area contributed by atoms with Gasteiger partial charge in [-0.1, -0.05) is 38.5 Å². The molecule has 0 amide bonds. The summed E-state index contributed by atoms with van der Waals surface area (Å²) in [5, 5.41) is 3.34. The minimum atomic E-state index is 0.0613. The molecule has 24 heavy (non-hydrogen) atoms. The molecule has 1 heterocycles. The van der Waals surface area contributed by atoms with E-state index in [0.29, 0.717) is 11.3 Å². The van der Waals surface area contributed by atoms with E-state index in [-0.39, 0.29) is 6.23 Å². The van der Waals surface area contributed by atoms with E-state index >= 15 is 0 Å². The Balaban J connectivity index is 1.86. The molecule has 0 saturated heterocycles. The van der Waals surface area contributed by atoms with E-state index in [4.69, 9.17) is 4.74 Å². The van der Waals surface area contributed by atoms with E-state index < -0.39 is 0 Å². The molecule has 0 fully saturated rings. The van der Waals surface area contributed by atoms with Crippen LogP contribution >= 0.6 is 0 Å². The summed E-state index contributed by atoms with van der Waals surface area (Å²) in [6, 6.07) is 0. The van der Waals surface area contributed by atoms with Crippen molar-refractivity contribution in [3.8, 4) is 0 Å². The predicted molar refractivity (Wildman–Crippen MR) is 99.4 cm³/mol. The van der Waals surface area contributed by atoms with E-state index in [1.807, 2.05) is 7.05 Å². The first-order valence-corrected chi connectivity index (χ1v) is 9.62. The molecule has 3 aliphatic carbocycles. The van der Waals surface area contributed by atoms with Gasteiger partial charge in [-0.25, -0.2) is 0 Å². The van der Waals surface area contributed by atoms with E-state index in [9.17, 15) is 0 Å². The van der Waals surface area contributed by atoms with Gasteiger partial charge in [-0.3, -0.25) is 5.32 Å². The Labute approximate surface area is 146 Å². The standard InChI is InChI=1S/C22H31NO/c1-13-16-9-10-22(3,4)12-18(16)21-14(2)24-19(23-5)11-15-7-6-8-17(15)20(13)21/h13,19,23H,2,6-12H2,1,3-5H3. The number of allylic oxidation sites excluding steroid dienone is 4. The molecule has 0 aromatic heterocycles. The normalized spacial score (nSPS) is 32.2. The third-order valence-electron chi connectivity index (χ3n) is 6.62. The van der Waals surface area contributed by atoms with Crippen LogP contribution in [0.1, 0.15) is 65.7 Å². The first kappa shape index (κ1) is 16.2. The van der Waals surface area contributed by atoms with Gasteiger partial charge in [0.25, 0.3) is 0 Å². The molecule has 1 aliphatic heterocycles. The number of nitrogens with one attached hydrogen (secondary N) is 1. The van der Waals surface area contributed by atoms with E-state index in [0.717, 1.165) is 12.2 Å². The van der Waals surface area contributed by atoms with E-state index in [1.54, 1.807) is 27.9 Å². The summed E-state index contributed by atoms with van der Waals surface area (Å²) < 4.78 is 6.30. The SMILES string of the molecule is C=C1OC(NC)CC2=C(CCC2)C2=C1C1=C(CCC(C)(C)C1)C2C. The van der Waals surface area contributed by atoms with Gasteiger partial charge in [0, 0.05) is 17.9 Å². The summed E-state index contributed by atoms with van der Waals surface area (Å²) in [6.07, 6.45) is 8.55. The van der Waals surface area contributed by atoms with Crippen molar-refractivity contribution < 1.29 is 4.74 Å². The van der Waals surface area contributed by atoms with Crippen LogP contribution < -0.4 is 5.32 Å². The van der Waals surface area contributed by atoms with Gasteiger partial charge in [-0.15, -0.1) is 0 Å². The Hall–Kier alpha value is -1.28. The van der Waals surface area contributed by atoms with Crippen molar-refractivity contribution in [2.75, 3.05) is 7.05 Å². The molecule has 0 bridgehead atoms. The molecule has 2 unspecified atom stereocenters. The molecule has 2 nitrogen and oxygen atoms in total. The monoisotopic (exact) mass is 325 g/mol. The fourth-order valence-corrected chi connectivity index (χ4v) is 5.33. The maximum atomic E-state index is 6.30. The molecule has 2 atom stereocenters. The second-order valence-electron chi connectivity index (χ2n) is 8.81. The van der Waals surface area contributed by atoms with Gasteiger partial charge in [0.15, 0.2) is 6.23 Å². The molecule has 0 radical (unpaired) electrons. The second kappa shape index (κ2) is 5.62. The van der Waals surface area contributed by atoms with Gasteiger partial charge in [-0.05, 0) is 67.7 Å². The highest BCUT2D eigenvalue weighted by Gasteiger charge is 2.41. The lowest BCUT2D eigenvalue weighted by Gasteiger charge is -2.33. The Morgan fingerprint density at radius 3 is 2.71 bits per heavy atom. The summed E-state index contributed by atoms with van der Waals surface area (Å²) in [5.41, 5.74) is 9.85. The van der Waals surface area contributed by atoms with Crippen molar-refractivity contribution in [1.82, 2.24) is 5.32 Å². The average Bonchev–Trinajstić information content (AvgIpc) is 3.05. The molecule has 0 saturated carbocycles. The first-order valence-electron chi connectivity index (χ1n) is 9.62. The van der Waals surface area contributed by atoms with E-state index in [1.165, 1.54) is 44.1 Å². The van der Waals surface area contributed by atoms with Crippen molar-refractivity contribution in [2.45, 2.75) is 71.9 Å². The summed E-state index contributed by atoms with van der Waals surface area (Å²) in [6.45, 7) is 11.6. The lowest BCUT2D eigenvalue weighted by atomic mass is 9.73. The maximum absolute atomic E-state index is 6.30. The van der Waals surface area contributed by atoms with Gasteiger partial charge < -0.3 is 4.74 Å². The molecule has 2 heteroatoms. The molecule has 0 aromatic rings. The van der Waals surface area contributed by atoms with Gasteiger partial charge in [0.2, 0.25) is 0 Å². The molecular weight excluding hydrogens is 294 g/mol. The highest BCUT2D eigenvalue weighted by Crippen LogP contribution is 2.55. The third kappa shape index (κ3) is 2.42. The number of rotatable bonds is 1. The number of hydrogen-bond acceptors (Lipinski definition) is 2. The zero-order valence-electron chi connectivity index (χ0n) is 15.7. The van der Waals surface area contributed by atoms with E-state index in [2.05, 4.69) is 32.7 Å². The maximum Gasteiger partial charge on any atom is 0.153 e. The van der Waals surface area contributed by atoms with Crippen LogP contribution in [-0.4, -0.2) is 13.3 Å². The lowest BCUT2D eigenvalue weighted by molar-refractivity contribution is 0.0985. The second-order valence-corrected chi connectivity index (χ2v) is 8.81. The summed E-state index contributed by atoms with van der Waals surface area (Å²) in [5.74, 6) is 1.46. The van der Waals surface area contributed by atoms with Crippen molar-refractivity contribution in [3.63, 3.8) is 0 Å². The molecule has 4 rings (SSSR count). The minimum absolute atomic E-state index is 0.0613. The third-order valence-corrected chi connectivity index (χ3v) is 6.62. The highest BCUT2D eigenvalue weighted by molar-refractivity contribution is 5.64. The molecule has 1 N–H and O–H groups in total. The summed E-state index contributed by atoms with van der Waals surface area (Å²) >= 11 is 0. The largest absolute Gasteiger partial charge is 0.475 e. The van der Waals surface area contributed by atoms with Crippen LogP contribution in [0.2, 0.25) is 0 Å². The molecule has 4 aliphatic rings. The van der Waals surface area contributed by atoms with Crippen molar-refractivity contribution in [3.05, 3.63) is 45.8 Å². The Bertz CT molecular complexity index is 689. The lowest BCUT2D eigenvalue weighted by Crippen LogP contribution is -2.30. The summed E-state index contributed by atoms with van der Waals surface area (Å²) in [4.78, 5) is 0. The predicted octanol–water partition coefficient (Wildman–Crippen LogP) is 5.40. The van der Waals surface area contributed by atoms with Crippen LogP contribution in [0.25, 0.3) is 0 Å². The van der Waals surface area contributed by atoms with Crippen LogP contribution in [0.3, 0.4) is 0 Å². The molecule has 130 valence electrons. The zero-order valence-corrected chi connectivity index (χ0v) is 15.7. The smallest absolute Gasteiger partial charge is 0.153 e. The molecular formula is C22H31NO. The van der Waals surface area contributed by atoms with Crippen molar-refractivity contribution in [2.24, 2.45) is 11.3 Å². The van der Waals surface area contributed by atoms with Gasteiger partial charge >= 0.3 is 0 Å². The van der Waals surface area contributed by atoms with Crippen molar-refractivity contribution in [1.29, 1.82) is 0 Å². The van der Waals surface area contributed by atoms with Crippen LogP contribution in [0.4, 0.5) is 0 Å². The Morgan fingerprint density at radius 1 is 1.17 bits per heavy atom. The van der Waals surface area contributed by atoms with Crippen LogP contribution in [0.15, 0.2) is 45.8 Å². The fraction of sp³-hybridized carbons (Fsp3) is 0.636. The average molecular weight is 325 g/mol. The van der Waals surface area contributed by atoms with Gasteiger partial charge in [-0.2, -0.15) is 0 Å². The van der Waals surface area contributed by atoms with Crippen LogP contribution in [0, 0.1) is 11.3 Å². The van der Waals surface area contributed by atoms with Crippen LogP contribution in [-0.2, 0) is 4.74 Å². The number of hydrogen-bond donors (Lipinski definition) is 1. The molecule has 0 aromatic carbocycles. The molecule has 0 spiro atoms. The quantitative estimate of drug-likeness (QED) is 0.697. The van der Waals surface area contributed by atoms with Crippen molar-refractivity contribution >= 4 is 0 Å². The first-order chi connectivity index (χ1) is 11.4. The highest BCUT2D eigenvalue weighted by atomic mass is 16.5. The fourth-order valence-electron chi connectivity index (χ4n) is 5.33. The van der Waals surface area contributed by atoms with Gasteiger partial charge in [0.05, 0.1) is 0 Å². The Kier molecular flexibility index (Phi) is 3.80. The van der Waals surface area contributed by atoms with Crippen LogP contribution in [0.5, 0.6) is 0 Å². The van der Waals surface area contributed by atoms with Gasteiger partial charge in [0.1, 0.15) is 5.76 Å².